The molecule has 2 heterocycles. The van der Waals surface area contributed by atoms with Gasteiger partial charge >= 0.3 is 18.0 Å². The number of ether oxygens (including phenoxy) is 1. The van der Waals surface area contributed by atoms with E-state index < -0.39 is 48.4 Å². The zero-order valence-corrected chi connectivity index (χ0v) is 18.7. The first-order chi connectivity index (χ1) is 17.5. The van der Waals surface area contributed by atoms with Crippen molar-refractivity contribution in [2.24, 2.45) is 0 Å². The molecule has 0 spiro atoms. The first-order valence-electron chi connectivity index (χ1n) is 10.5. The molecule has 4 aromatic rings. The number of hydrogen-bond acceptors (Lipinski definition) is 6. The third-order valence-corrected chi connectivity index (χ3v) is 5.32. The Labute approximate surface area is 204 Å². The second-order valence-corrected chi connectivity index (χ2v) is 8.05. The van der Waals surface area contributed by atoms with E-state index in [4.69, 9.17) is 4.74 Å². The second kappa shape index (κ2) is 10.1. The fourth-order valence-corrected chi connectivity index (χ4v) is 3.50. The van der Waals surface area contributed by atoms with E-state index in [0.29, 0.717) is 6.07 Å². The van der Waals surface area contributed by atoms with E-state index >= 15 is 0 Å². The molecule has 1 N–H and O–H groups in total. The number of rotatable bonds is 10. The average molecular weight is 528 g/mol. The van der Waals surface area contributed by atoms with Gasteiger partial charge in [0.2, 0.25) is 0 Å². The van der Waals surface area contributed by atoms with Gasteiger partial charge in [0.25, 0.3) is 0 Å². The SMILES string of the molecule is O=c1n(C[C@@](O)(Cn2cncn2)c2ccc(F)cc2F)cnn1-c1ccc(OCC(F)(F)C(F)F)cc1. The van der Waals surface area contributed by atoms with Crippen LogP contribution < -0.4 is 10.4 Å². The predicted molar refractivity (Wildman–Crippen MR) is 115 cm³/mol. The van der Waals surface area contributed by atoms with Crippen LogP contribution in [0.3, 0.4) is 0 Å². The number of alkyl halides is 4. The summed E-state index contributed by atoms with van der Waals surface area (Å²) in [6.45, 7) is -2.40. The molecule has 2 aromatic heterocycles. The highest BCUT2D eigenvalue weighted by molar-refractivity contribution is 5.36. The summed E-state index contributed by atoms with van der Waals surface area (Å²) in [5.74, 6) is -6.39. The molecule has 1 atom stereocenters. The van der Waals surface area contributed by atoms with E-state index in [9.17, 15) is 36.2 Å². The van der Waals surface area contributed by atoms with Crippen molar-refractivity contribution in [2.45, 2.75) is 31.0 Å². The van der Waals surface area contributed by atoms with Crippen molar-refractivity contribution in [3.05, 3.63) is 89.1 Å². The molecule has 0 fully saturated rings. The zero-order valence-electron chi connectivity index (χ0n) is 18.7. The topological polar surface area (TPSA) is 100.0 Å². The van der Waals surface area contributed by atoms with Gasteiger partial charge in [-0.25, -0.2) is 32.0 Å². The molecule has 0 aliphatic heterocycles. The van der Waals surface area contributed by atoms with Gasteiger partial charge in [0.05, 0.1) is 18.8 Å². The third-order valence-electron chi connectivity index (χ3n) is 5.32. The van der Waals surface area contributed by atoms with E-state index in [0.717, 1.165) is 27.7 Å². The van der Waals surface area contributed by atoms with Crippen LogP contribution in [-0.4, -0.2) is 53.2 Å². The molecule has 0 radical (unpaired) electrons. The van der Waals surface area contributed by atoms with Gasteiger partial charge in [-0.2, -0.15) is 23.7 Å². The van der Waals surface area contributed by atoms with Crippen LogP contribution in [0.2, 0.25) is 0 Å². The van der Waals surface area contributed by atoms with E-state index in [-0.39, 0.29) is 23.5 Å². The molecule has 2 aromatic carbocycles. The summed E-state index contributed by atoms with van der Waals surface area (Å²) in [5.41, 5.74) is -3.00. The van der Waals surface area contributed by atoms with Crippen LogP contribution >= 0.6 is 0 Å². The maximum atomic E-state index is 14.6. The Morgan fingerprint density at radius 1 is 1.00 bits per heavy atom. The molecule has 0 aliphatic rings. The first kappa shape index (κ1) is 25.9. The maximum Gasteiger partial charge on any atom is 0.350 e. The standard InChI is InChI=1S/C22H18F6N6O3/c23-14-1-6-17(18(24)7-14)21(36,9-33-12-29-11-30-33)8-32-13-31-34(20(32)35)15-2-4-16(5-3-15)37-10-22(27,28)19(25)26/h1-7,11-13,19,36H,8-10H2/t21-/m1/s1. The Bertz CT molecular complexity index is 1410. The highest BCUT2D eigenvalue weighted by atomic mass is 19.3. The first-order valence-corrected chi connectivity index (χ1v) is 10.5. The van der Waals surface area contributed by atoms with Gasteiger partial charge in [-0.1, -0.05) is 6.07 Å². The predicted octanol–water partition coefficient (Wildman–Crippen LogP) is 2.77. The molecule has 4 rings (SSSR count). The summed E-state index contributed by atoms with van der Waals surface area (Å²) in [6.07, 6.45) is -0.364. The number of aliphatic hydroxyl groups is 1. The molecular formula is C22H18F6N6O3. The van der Waals surface area contributed by atoms with Crippen molar-refractivity contribution in [3.63, 3.8) is 0 Å². The Kier molecular flexibility index (Phi) is 7.07. The number of nitrogens with zero attached hydrogens (tertiary/aromatic N) is 6. The highest BCUT2D eigenvalue weighted by Gasteiger charge is 2.41. The van der Waals surface area contributed by atoms with Gasteiger partial charge in [-0.05, 0) is 30.3 Å². The van der Waals surface area contributed by atoms with Crippen LogP contribution in [0.4, 0.5) is 26.3 Å². The van der Waals surface area contributed by atoms with Crippen LogP contribution in [0.5, 0.6) is 5.75 Å². The number of benzene rings is 2. The molecule has 0 bridgehead atoms. The lowest BCUT2D eigenvalue weighted by Gasteiger charge is -2.28. The van der Waals surface area contributed by atoms with E-state index in [1.165, 1.54) is 41.6 Å². The lowest BCUT2D eigenvalue weighted by molar-refractivity contribution is -0.148. The Balaban J connectivity index is 1.58. The fourth-order valence-electron chi connectivity index (χ4n) is 3.50. The largest absolute Gasteiger partial charge is 0.487 e. The Morgan fingerprint density at radius 3 is 2.35 bits per heavy atom. The van der Waals surface area contributed by atoms with Gasteiger partial charge < -0.3 is 9.84 Å². The summed E-state index contributed by atoms with van der Waals surface area (Å²) >= 11 is 0. The summed E-state index contributed by atoms with van der Waals surface area (Å²) in [6, 6.07) is 7.50. The summed E-state index contributed by atoms with van der Waals surface area (Å²) in [4.78, 5) is 16.7. The minimum atomic E-state index is -4.33. The number of aromatic nitrogens is 6. The van der Waals surface area contributed by atoms with E-state index in [1.54, 1.807) is 0 Å². The molecule has 0 amide bonds. The van der Waals surface area contributed by atoms with Crippen LogP contribution in [0.15, 0.2) is 66.2 Å². The molecular weight excluding hydrogens is 510 g/mol. The average Bonchev–Trinajstić information content (AvgIpc) is 3.47. The lowest BCUT2D eigenvalue weighted by atomic mass is 9.92. The summed E-state index contributed by atoms with van der Waals surface area (Å²) in [5, 5.41) is 19.2. The third kappa shape index (κ3) is 5.66. The molecule has 37 heavy (non-hydrogen) atoms. The van der Waals surface area contributed by atoms with Crippen molar-refractivity contribution in [1.82, 2.24) is 29.1 Å². The van der Waals surface area contributed by atoms with Crippen LogP contribution in [-0.2, 0) is 18.7 Å². The Hall–Kier alpha value is -4.14. The summed E-state index contributed by atoms with van der Waals surface area (Å²) < 4.78 is 86.5. The minimum absolute atomic E-state index is 0.148. The second-order valence-electron chi connectivity index (χ2n) is 8.05. The maximum absolute atomic E-state index is 14.6. The van der Waals surface area contributed by atoms with Crippen molar-refractivity contribution in [1.29, 1.82) is 0 Å². The zero-order chi connectivity index (χ0) is 26.8. The van der Waals surface area contributed by atoms with E-state index in [1.807, 2.05) is 0 Å². The van der Waals surface area contributed by atoms with Crippen LogP contribution in [0.25, 0.3) is 5.69 Å². The van der Waals surface area contributed by atoms with Gasteiger partial charge in [0.15, 0.2) is 6.61 Å². The molecule has 0 unspecified atom stereocenters. The molecule has 0 saturated heterocycles. The molecule has 0 aliphatic carbocycles. The van der Waals surface area contributed by atoms with Crippen molar-refractivity contribution >= 4 is 0 Å². The van der Waals surface area contributed by atoms with Crippen LogP contribution in [0.1, 0.15) is 5.56 Å². The molecule has 9 nitrogen and oxygen atoms in total. The minimum Gasteiger partial charge on any atom is -0.487 e. The smallest absolute Gasteiger partial charge is 0.350 e. The van der Waals surface area contributed by atoms with E-state index in [2.05, 4.69) is 15.2 Å². The monoisotopic (exact) mass is 528 g/mol. The molecule has 196 valence electrons. The summed E-state index contributed by atoms with van der Waals surface area (Å²) in [7, 11) is 0. The lowest BCUT2D eigenvalue weighted by Crippen LogP contribution is -2.40. The van der Waals surface area contributed by atoms with Crippen molar-refractivity contribution < 1.29 is 36.2 Å². The van der Waals surface area contributed by atoms with Crippen molar-refractivity contribution in [3.8, 4) is 11.4 Å². The quantitative estimate of drug-likeness (QED) is 0.318. The fraction of sp³-hybridized carbons (Fsp3) is 0.273. The van der Waals surface area contributed by atoms with Crippen LogP contribution in [0, 0.1) is 11.6 Å². The van der Waals surface area contributed by atoms with Crippen molar-refractivity contribution in [2.75, 3.05) is 6.61 Å². The van der Waals surface area contributed by atoms with Gasteiger partial charge in [0.1, 0.15) is 42.0 Å². The highest BCUT2D eigenvalue weighted by Crippen LogP contribution is 2.28. The number of hydrogen-bond donors (Lipinski definition) is 1. The van der Waals surface area contributed by atoms with Gasteiger partial charge in [-0.3, -0.25) is 4.57 Å². The van der Waals surface area contributed by atoms with Gasteiger partial charge in [0, 0.05) is 11.6 Å². The Morgan fingerprint density at radius 2 is 1.73 bits per heavy atom. The number of halogens is 6. The normalized spacial score (nSPS) is 13.6. The van der Waals surface area contributed by atoms with Gasteiger partial charge in [-0.15, -0.1) is 0 Å². The molecule has 0 saturated carbocycles. The molecule has 15 heteroatoms.